The molecule has 0 saturated carbocycles. The third kappa shape index (κ3) is 4.18. The normalized spacial score (nSPS) is 29.5. The van der Waals surface area contributed by atoms with Crippen molar-refractivity contribution >= 4 is 5.91 Å². The van der Waals surface area contributed by atoms with Crippen molar-refractivity contribution in [2.24, 2.45) is 5.92 Å². The molecular weight excluding hydrogens is 240 g/mol. The van der Waals surface area contributed by atoms with Gasteiger partial charge in [-0.2, -0.15) is 0 Å². The molecule has 0 bridgehead atoms. The largest absolute Gasteiger partial charge is 0.396 e. The highest BCUT2D eigenvalue weighted by Gasteiger charge is 2.26. The Labute approximate surface area is 116 Å². The number of rotatable bonds is 4. The van der Waals surface area contributed by atoms with Gasteiger partial charge in [0.05, 0.1) is 6.54 Å². The molecule has 0 radical (unpaired) electrons. The Morgan fingerprint density at radius 1 is 1.21 bits per heavy atom. The lowest BCUT2D eigenvalue weighted by Crippen LogP contribution is -2.48. The highest BCUT2D eigenvalue weighted by Crippen LogP contribution is 2.21. The van der Waals surface area contributed by atoms with Crippen LogP contribution in [0.5, 0.6) is 0 Å². The molecule has 2 fully saturated rings. The second kappa shape index (κ2) is 7.25. The average Bonchev–Trinajstić information content (AvgIpc) is 2.40. The van der Waals surface area contributed by atoms with Crippen LogP contribution < -0.4 is 0 Å². The van der Waals surface area contributed by atoms with Crippen LogP contribution in [0.3, 0.4) is 0 Å². The Kier molecular flexibility index (Phi) is 5.64. The molecule has 4 heteroatoms. The quantitative estimate of drug-likeness (QED) is 0.840. The van der Waals surface area contributed by atoms with Crippen molar-refractivity contribution in [2.75, 3.05) is 32.8 Å². The highest BCUT2D eigenvalue weighted by molar-refractivity contribution is 5.78. The second-order valence-electron chi connectivity index (χ2n) is 6.19. The zero-order valence-corrected chi connectivity index (χ0v) is 12.2. The van der Waals surface area contributed by atoms with E-state index in [-0.39, 0.29) is 6.61 Å². The molecule has 2 aliphatic rings. The summed E-state index contributed by atoms with van der Waals surface area (Å²) in [4.78, 5) is 16.7. The predicted octanol–water partition coefficient (Wildman–Crippen LogP) is 1.48. The Morgan fingerprint density at radius 2 is 2.05 bits per heavy atom. The molecule has 2 atom stereocenters. The monoisotopic (exact) mass is 268 g/mol. The van der Waals surface area contributed by atoms with Crippen LogP contribution in [0.25, 0.3) is 0 Å². The maximum Gasteiger partial charge on any atom is 0.236 e. The minimum atomic E-state index is 0.273. The highest BCUT2D eigenvalue weighted by atomic mass is 16.3. The Morgan fingerprint density at radius 3 is 2.79 bits per heavy atom. The van der Waals surface area contributed by atoms with E-state index in [0.29, 0.717) is 24.4 Å². The summed E-state index contributed by atoms with van der Waals surface area (Å²) >= 11 is 0. The number of piperidine rings is 2. The number of hydrogen-bond donors (Lipinski definition) is 1. The smallest absolute Gasteiger partial charge is 0.236 e. The van der Waals surface area contributed by atoms with Crippen molar-refractivity contribution in [3.05, 3.63) is 0 Å². The van der Waals surface area contributed by atoms with E-state index in [2.05, 4.69) is 16.7 Å². The molecule has 1 amide bonds. The van der Waals surface area contributed by atoms with Gasteiger partial charge in [0.2, 0.25) is 5.91 Å². The van der Waals surface area contributed by atoms with Crippen molar-refractivity contribution in [3.8, 4) is 0 Å². The van der Waals surface area contributed by atoms with Gasteiger partial charge in [-0.3, -0.25) is 9.69 Å². The van der Waals surface area contributed by atoms with E-state index in [1.165, 1.54) is 12.8 Å². The SMILES string of the molecule is CC1CCCCN1C(=O)CN1CCCC(CCO)C1. The molecule has 2 rings (SSSR count). The summed E-state index contributed by atoms with van der Waals surface area (Å²) < 4.78 is 0. The van der Waals surface area contributed by atoms with E-state index in [1.807, 2.05) is 0 Å². The van der Waals surface area contributed by atoms with Crippen LogP contribution in [0.15, 0.2) is 0 Å². The summed E-state index contributed by atoms with van der Waals surface area (Å²) in [6, 6.07) is 0.416. The van der Waals surface area contributed by atoms with Crippen LogP contribution in [-0.4, -0.2) is 59.6 Å². The molecule has 0 aromatic carbocycles. The lowest BCUT2D eigenvalue weighted by Gasteiger charge is -2.37. The Hall–Kier alpha value is -0.610. The zero-order chi connectivity index (χ0) is 13.7. The second-order valence-corrected chi connectivity index (χ2v) is 6.19. The fraction of sp³-hybridized carbons (Fsp3) is 0.933. The summed E-state index contributed by atoms with van der Waals surface area (Å²) in [6.07, 6.45) is 6.80. The van der Waals surface area contributed by atoms with Gasteiger partial charge >= 0.3 is 0 Å². The van der Waals surface area contributed by atoms with Crippen LogP contribution in [0, 0.1) is 5.92 Å². The van der Waals surface area contributed by atoms with Gasteiger partial charge < -0.3 is 10.0 Å². The number of carbonyl (C=O) groups excluding carboxylic acids is 1. The summed E-state index contributed by atoms with van der Waals surface area (Å²) in [7, 11) is 0. The molecule has 19 heavy (non-hydrogen) atoms. The Bertz CT molecular complexity index is 294. The van der Waals surface area contributed by atoms with Crippen LogP contribution in [0.1, 0.15) is 45.4 Å². The first-order valence-electron chi connectivity index (χ1n) is 7.83. The van der Waals surface area contributed by atoms with Crippen LogP contribution in [-0.2, 0) is 4.79 Å². The molecule has 2 heterocycles. The number of amides is 1. The molecular formula is C15H28N2O2. The fourth-order valence-corrected chi connectivity index (χ4v) is 3.46. The maximum absolute atomic E-state index is 12.4. The molecule has 0 spiro atoms. The van der Waals surface area contributed by atoms with E-state index in [1.54, 1.807) is 0 Å². The summed E-state index contributed by atoms with van der Waals surface area (Å²) in [6.45, 7) is 5.97. The molecule has 2 aliphatic heterocycles. The van der Waals surface area contributed by atoms with Gasteiger partial charge in [0.25, 0.3) is 0 Å². The number of likely N-dealkylation sites (tertiary alicyclic amines) is 2. The van der Waals surface area contributed by atoms with E-state index >= 15 is 0 Å². The van der Waals surface area contributed by atoms with Crippen molar-refractivity contribution in [1.29, 1.82) is 0 Å². The zero-order valence-electron chi connectivity index (χ0n) is 12.2. The average molecular weight is 268 g/mol. The molecule has 1 N–H and O–H groups in total. The van der Waals surface area contributed by atoms with Crippen molar-refractivity contribution in [2.45, 2.75) is 51.5 Å². The summed E-state index contributed by atoms with van der Waals surface area (Å²) in [5.41, 5.74) is 0. The van der Waals surface area contributed by atoms with Crippen molar-refractivity contribution in [1.82, 2.24) is 9.80 Å². The third-order valence-electron chi connectivity index (χ3n) is 4.62. The lowest BCUT2D eigenvalue weighted by atomic mass is 9.95. The Balaban J connectivity index is 1.80. The number of hydrogen-bond acceptors (Lipinski definition) is 3. The van der Waals surface area contributed by atoms with Crippen molar-refractivity contribution < 1.29 is 9.90 Å². The van der Waals surface area contributed by atoms with Gasteiger partial charge in [0, 0.05) is 25.7 Å². The molecule has 2 unspecified atom stereocenters. The first kappa shape index (κ1) is 14.8. The number of aliphatic hydroxyl groups excluding tert-OH is 1. The fourth-order valence-electron chi connectivity index (χ4n) is 3.46. The first-order chi connectivity index (χ1) is 9.20. The van der Waals surface area contributed by atoms with E-state index < -0.39 is 0 Å². The number of nitrogens with zero attached hydrogens (tertiary/aromatic N) is 2. The standard InChI is InChI=1S/C15H28N2O2/c1-13-5-2-3-9-17(13)15(19)12-16-8-4-6-14(11-16)7-10-18/h13-14,18H,2-12H2,1H3. The van der Waals surface area contributed by atoms with Gasteiger partial charge in [-0.25, -0.2) is 0 Å². The molecule has 2 saturated heterocycles. The van der Waals surface area contributed by atoms with Gasteiger partial charge in [-0.1, -0.05) is 0 Å². The van der Waals surface area contributed by atoms with E-state index in [9.17, 15) is 4.79 Å². The predicted molar refractivity (Wildman–Crippen MR) is 75.9 cm³/mol. The summed E-state index contributed by atoms with van der Waals surface area (Å²) in [5.74, 6) is 0.877. The molecule has 0 aliphatic carbocycles. The molecule has 0 aromatic heterocycles. The van der Waals surface area contributed by atoms with Crippen LogP contribution in [0.2, 0.25) is 0 Å². The maximum atomic E-state index is 12.4. The topological polar surface area (TPSA) is 43.8 Å². The lowest BCUT2D eigenvalue weighted by molar-refractivity contribution is -0.136. The minimum Gasteiger partial charge on any atom is -0.396 e. The van der Waals surface area contributed by atoms with E-state index in [4.69, 9.17) is 5.11 Å². The molecule has 110 valence electrons. The molecule has 4 nitrogen and oxygen atoms in total. The van der Waals surface area contributed by atoms with E-state index in [0.717, 1.165) is 45.3 Å². The van der Waals surface area contributed by atoms with Gasteiger partial charge in [-0.05, 0) is 57.9 Å². The number of aliphatic hydroxyl groups is 1. The van der Waals surface area contributed by atoms with Gasteiger partial charge in [-0.15, -0.1) is 0 Å². The number of carbonyl (C=O) groups is 1. The summed E-state index contributed by atoms with van der Waals surface area (Å²) in [5, 5.41) is 9.03. The van der Waals surface area contributed by atoms with Crippen molar-refractivity contribution in [3.63, 3.8) is 0 Å². The molecule has 0 aromatic rings. The first-order valence-corrected chi connectivity index (χ1v) is 7.83. The van der Waals surface area contributed by atoms with Crippen LogP contribution >= 0.6 is 0 Å². The van der Waals surface area contributed by atoms with Gasteiger partial charge in [0.15, 0.2) is 0 Å². The minimum absolute atomic E-state index is 0.273. The van der Waals surface area contributed by atoms with Crippen LogP contribution in [0.4, 0.5) is 0 Å². The third-order valence-corrected chi connectivity index (χ3v) is 4.62. The van der Waals surface area contributed by atoms with Gasteiger partial charge in [0.1, 0.15) is 0 Å².